The van der Waals surface area contributed by atoms with Gasteiger partial charge in [0.1, 0.15) is 5.76 Å². The summed E-state index contributed by atoms with van der Waals surface area (Å²) in [5, 5.41) is 7.99. The first kappa shape index (κ1) is 14.6. The Bertz CT molecular complexity index is 607. The van der Waals surface area contributed by atoms with E-state index >= 15 is 0 Å². The number of aryl methyl sites for hydroxylation is 2. The smallest absolute Gasteiger partial charge is 0.273 e. The summed E-state index contributed by atoms with van der Waals surface area (Å²) in [5.41, 5.74) is 1.59. The van der Waals surface area contributed by atoms with Gasteiger partial charge in [-0.05, 0) is 24.8 Å². The zero-order valence-electron chi connectivity index (χ0n) is 11.1. The summed E-state index contributed by atoms with van der Waals surface area (Å²) < 4.78 is 30.5. The van der Waals surface area contributed by atoms with Gasteiger partial charge in [0.05, 0.1) is 16.1 Å². The number of amides is 1. The summed E-state index contributed by atoms with van der Waals surface area (Å²) in [6.45, 7) is 3.90. The van der Waals surface area contributed by atoms with Gasteiger partial charge in [-0.1, -0.05) is 12.1 Å². The van der Waals surface area contributed by atoms with Gasteiger partial charge in [0.15, 0.2) is 0 Å². The number of thiophene rings is 1. The van der Waals surface area contributed by atoms with Gasteiger partial charge in [0.2, 0.25) is 0 Å². The maximum atomic E-state index is 12.7. The molecule has 2 aromatic heterocycles. The number of carbonyl (C=O) groups excluding carboxylic acids is 1. The first-order chi connectivity index (χ1) is 9.54. The van der Waals surface area contributed by atoms with Crippen molar-refractivity contribution in [3.05, 3.63) is 38.9 Å². The molecule has 20 heavy (non-hydrogen) atoms. The number of carbonyl (C=O) groups is 1. The van der Waals surface area contributed by atoms with Gasteiger partial charge in [-0.25, -0.2) is 8.78 Å². The van der Waals surface area contributed by atoms with Crippen molar-refractivity contribution in [3.63, 3.8) is 0 Å². The summed E-state index contributed by atoms with van der Waals surface area (Å²) >= 11 is 0.878. The van der Waals surface area contributed by atoms with Crippen molar-refractivity contribution < 1.29 is 18.1 Å². The van der Waals surface area contributed by atoms with Crippen LogP contribution < -0.4 is 5.32 Å². The van der Waals surface area contributed by atoms with Crippen molar-refractivity contribution in [2.75, 3.05) is 0 Å². The van der Waals surface area contributed by atoms with Crippen LogP contribution in [0.3, 0.4) is 0 Å². The third-order valence-corrected chi connectivity index (χ3v) is 3.89. The second kappa shape index (κ2) is 6.13. The molecular formula is C13H14F2N2O2S. The summed E-state index contributed by atoms with van der Waals surface area (Å²) in [5.74, 6) is 0.116. The molecular weight excluding hydrogens is 286 g/mol. The Hall–Kier alpha value is -1.76. The number of alkyl halides is 2. The van der Waals surface area contributed by atoms with Crippen LogP contribution >= 0.6 is 11.3 Å². The average molecular weight is 300 g/mol. The maximum Gasteiger partial charge on any atom is 0.273 e. The number of nitrogens with one attached hydrogen (secondary N) is 1. The fourth-order valence-electron chi connectivity index (χ4n) is 1.88. The van der Waals surface area contributed by atoms with E-state index in [0.717, 1.165) is 22.6 Å². The molecule has 0 aliphatic rings. The molecule has 0 spiro atoms. The Kier molecular flexibility index (Phi) is 4.49. The van der Waals surface area contributed by atoms with Crippen LogP contribution in [0.1, 0.15) is 45.6 Å². The van der Waals surface area contributed by atoms with Crippen LogP contribution in [-0.2, 0) is 13.0 Å². The molecule has 108 valence electrons. The highest BCUT2D eigenvalue weighted by molar-refractivity contribution is 7.10. The standard InChI is InChI=1S/C13H14F2N2O2S/c1-3-10-9(7(2)19-17-10)6-16-13(18)8-4-5-20-11(8)12(14)15/h4-5,12H,3,6H2,1-2H3,(H,16,18). The first-order valence-electron chi connectivity index (χ1n) is 6.12. The van der Waals surface area contributed by atoms with E-state index in [-0.39, 0.29) is 17.0 Å². The Labute approximate surface area is 118 Å². The average Bonchev–Trinajstić information content (AvgIpc) is 3.02. The van der Waals surface area contributed by atoms with Crippen LogP contribution in [-0.4, -0.2) is 11.1 Å². The lowest BCUT2D eigenvalue weighted by atomic mass is 10.1. The van der Waals surface area contributed by atoms with Gasteiger partial charge in [0.25, 0.3) is 12.3 Å². The molecule has 0 aliphatic carbocycles. The molecule has 2 rings (SSSR count). The van der Waals surface area contributed by atoms with Crippen LogP contribution in [0.25, 0.3) is 0 Å². The first-order valence-corrected chi connectivity index (χ1v) is 7.00. The minimum atomic E-state index is -2.64. The fourth-order valence-corrected chi connectivity index (χ4v) is 2.62. The van der Waals surface area contributed by atoms with Crippen molar-refractivity contribution in [1.82, 2.24) is 10.5 Å². The molecule has 0 aliphatic heterocycles. The highest BCUT2D eigenvalue weighted by Crippen LogP contribution is 2.28. The predicted octanol–water partition coefficient (Wildman–Crippen LogP) is 3.47. The third kappa shape index (κ3) is 2.87. The number of nitrogens with zero attached hydrogens (tertiary/aromatic N) is 1. The molecule has 0 saturated heterocycles. The Morgan fingerprint density at radius 3 is 2.95 bits per heavy atom. The van der Waals surface area contributed by atoms with E-state index in [4.69, 9.17) is 4.52 Å². The number of hydrogen-bond donors (Lipinski definition) is 1. The maximum absolute atomic E-state index is 12.7. The molecule has 0 saturated carbocycles. The van der Waals surface area contributed by atoms with E-state index in [1.165, 1.54) is 11.4 Å². The predicted molar refractivity (Wildman–Crippen MR) is 71.1 cm³/mol. The number of halogens is 2. The van der Waals surface area contributed by atoms with Gasteiger partial charge in [0, 0.05) is 12.1 Å². The zero-order chi connectivity index (χ0) is 14.7. The molecule has 0 radical (unpaired) electrons. The van der Waals surface area contributed by atoms with E-state index in [9.17, 15) is 13.6 Å². The molecule has 7 heteroatoms. The van der Waals surface area contributed by atoms with Gasteiger partial charge < -0.3 is 9.84 Å². The lowest BCUT2D eigenvalue weighted by Crippen LogP contribution is -2.24. The van der Waals surface area contributed by atoms with E-state index in [1.54, 1.807) is 6.92 Å². The van der Waals surface area contributed by atoms with Crippen molar-refractivity contribution in [3.8, 4) is 0 Å². The van der Waals surface area contributed by atoms with Crippen molar-refractivity contribution in [2.45, 2.75) is 33.2 Å². The highest BCUT2D eigenvalue weighted by atomic mass is 32.1. The summed E-state index contributed by atoms with van der Waals surface area (Å²) in [6.07, 6.45) is -1.96. The molecule has 2 aromatic rings. The Morgan fingerprint density at radius 2 is 2.30 bits per heavy atom. The number of rotatable bonds is 5. The molecule has 0 atom stereocenters. The molecule has 0 bridgehead atoms. The van der Waals surface area contributed by atoms with Crippen LogP contribution in [0, 0.1) is 6.92 Å². The molecule has 1 amide bonds. The monoisotopic (exact) mass is 300 g/mol. The van der Waals surface area contributed by atoms with Crippen molar-refractivity contribution in [1.29, 1.82) is 0 Å². The topological polar surface area (TPSA) is 55.1 Å². The van der Waals surface area contributed by atoms with E-state index < -0.39 is 12.3 Å². The van der Waals surface area contributed by atoms with Crippen LogP contribution in [0.2, 0.25) is 0 Å². The molecule has 0 fully saturated rings. The molecule has 0 aromatic carbocycles. The van der Waals surface area contributed by atoms with E-state index in [0.29, 0.717) is 12.2 Å². The van der Waals surface area contributed by atoms with Gasteiger partial charge in [-0.15, -0.1) is 11.3 Å². The van der Waals surface area contributed by atoms with Gasteiger partial charge in [-0.3, -0.25) is 4.79 Å². The van der Waals surface area contributed by atoms with Gasteiger partial charge >= 0.3 is 0 Å². The van der Waals surface area contributed by atoms with Crippen molar-refractivity contribution >= 4 is 17.2 Å². The molecule has 1 N–H and O–H groups in total. The Morgan fingerprint density at radius 1 is 1.55 bits per heavy atom. The second-order valence-corrected chi connectivity index (χ2v) is 5.15. The van der Waals surface area contributed by atoms with Crippen LogP contribution in [0.15, 0.2) is 16.0 Å². The van der Waals surface area contributed by atoms with E-state index in [1.807, 2.05) is 6.92 Å². The number of aromatic nitrogens is 1. The minimum absolute atomic E-state index is 0.0251. The largest absolute Gasteiger partial charge is 0.361 e. The zero-order valence-corrected chi connectivity index (χ0v) is 11.9. The lowest BCUT2D eigenvalue weighted by Gasteiger charge is -2.06. The molecule has 0 unspecified atom stereocenters. The lowest BCUT2D eigenvalue weighted by molar-refractivity contribution is 0.0939. The highest BCUT2D eigenvalue weighted by Gasteiger charge is 2.20. The number of hydrogen-bond acceptors (Lipinski definition) is 4. The summed E-state index contributed by atoms with van der Waals surface area (Å²) in [6, 6.07) is 1.41. The van der Waals surface area contributed by atoms with Crippen molar-refractivity contribution in [2.24, 2.45) is 0 Å². The third-order valence-electron chi connectivity index (χ3n) is 2.96. The summed E-state index contributed by atoms with van der Waals surface area (Å²) in [7, 11) is 0. The van der Waals surface area contributed by atoms with Crippen LogP contribution in [0.4, 0.5) is 8.78 Å². The van der Waals surface area contributed by atoms with E-state index in [2.05, 4.69) is 10.5 Å². The Balaban J connectivity index is 2.09. The van der Waals surface area contributed by atoms with Crippen LogP contribution in [0.5, 0.6) is 0 Å². The summed E-state index contributed by atoms with van der Waals surface area (Å²) in [4.78, 5) is 11.7. The minimum Gasteiger partial charge on any atom is -0.361 e. The molecule has 2 heterocycles. The second-order valence-electron chi connectivity index (χ2n) is 4.20. The normalized spacial score (nSPS) is 11.1. The fraction of sp³-hybridized carbons (Fsp3) is 0.385. The SMILES string of the molecule is CCc1noc(C)c1CNC(=O)c1ccsc1C(F)F. The van der Waals surface area contributed by atoms with Gasteiger partial charge in [-0.2, -0.15) is 0 Å². The molecule has 4 nitrogen and oxygen atoms in total. The quantitative estimate of drug-likeness (QED) is 0.920.